The zero-order valence-electron chi connectivity index (χ0n) is 16.3. The van der Waals surface area contributed by atoms with Crippen molar-refractivity contribution in [2.45, 2.75) is 40.7 Å². The number of aryl methyl sites for hydroxylation is 1. The Hall–Kier alpha value is -2.41. The normalized spacial score (nSPS) is 10.7. The third kappa shape index (κ3) is 7.65. The number of hydrogen-bond donors (Lipinski definition) is 3. The molecular weight excluding hydrogens is 332 g/mol. The van der Waals surface area contributed by atoms with Gasteiger partial charge in [-0.25, -0.2) is 0 Å². The predicted octanol–water partition coefficient (Wildman–Crippen LogP) is 1.20. The van der Waals surface area contributed by atoms with E-state index in [0.717, 1.165) is 16.8 Å². The summed E-state index contributed by atoms with van der Waals surface area (Å²) in [6, 6.07) is 5.73. The van der Waals surface area contributed by atoms with Crippen LogP contribution in [0.1, 0.15) is 31.9 Å². The number of carbonyl (C=O) groups is 3. The van der Waals surface area contributed by atoms with Crippen LogP contribution in [-0.4, -0.2) is 54.8 Å². The Morgan fingerprint density at radius 1 is 1.04 bits per heavy atom. The van der Waals surface area contributed by atoms with Crippen LogP contribution in [0.15, 0.2) is 18.2 Å². The summed E-state index contributed by atoms with van der Waals surface area (Å²) in [5.41, 5.74) is 2.83. The summed E-state index contributed by atoms with van der Waals surface area (Å²) in [6.07, 6.45) is 0. The van der Waals surface area contributed by atoms with Crippen LogP contribution in [0.2, 0.25) is 0 Å². The van der Waals surface area contributed by atoms with Gasteiger partial charge in [0.05, 0.1) is 19.6 Å². The molecule has 144 valence electrons. The molecule has 0 aliphatic rings. The average Bonchev–Trinajstić information content (AvgIpc) is 2.55. The summed E-state index contributed by atoms with van der Waals surface area (Å²) in [5, 5.41) is 8.18. The van der Waals surface area contributed by atoms with Crippen molar-refractivity contribution in [1.29, 1.82) is 0 Å². The number of nitrogens with one attached hydrogen (secondary N) is 3. The second-order valence-electron chi connectivity index (χ2n) is 6.60. The van der Waals surface area contributed by atoms with Crippen LogP contribution in [0.5, 0.6) is 0 Å². The molecule has 0 aliphatic carbocycles. The number of carbonyl (C=O) groups excluding carboxylic acids is 3. The fourth-order valence-electron chi connectivity index (χ4n) is 2.37. The number of hydrogen-bond acceptors (Lipinski definition) is 4. The molecule has 7 heteroatoms. The highest BCUT2D eigenvalue weighted by atomic mass is 16.2. The van der Waals surface area contributed by atoms with Crippen LogP contribution in [-0.2, 0) is 14.4 Å². The Morgan fingerprint density at radius 3 is 2.31 bits per heavy atom. The van der Waals surface area contributed by atoms with Gasteiger partial charge < -0.3 is 16.0 Å². The number of rotatable bonds is 9. The maximum absolute atomic E-state index is 12.0. The lowest BCUT2D eigenvalue weighted by atomic mass is 10.1. The molecule has 0 radical (unpaired) electrons. The van der Waals surface area contributed by atoms with Crippen molar-refractivity contribution in [2.24, 2.45) is 0 Å². The highest BCUT2D eigenvalue weighted by molar-refractivity contribution is 5.95. The van der Waals surface area contributed by atoms with Crippen LogP contribution in [0.4, 0.5) is 5.69 Å². The molecule has 1 aromatic rings. The smallest absolute Gasteiger partial charge is 0.243 e. The Bertz CT molecular complexity index is 644. The number of benzene rings is 1. The second kappa shape index (κ2) is 10.6. The first-order valence-corrected chi connectivity index (χ1v) is 8.87. The number of likely N-dealkylation sites (N-methyl/N-ethyl adjacent to an activating group) is 1. The van der Waals surface area contributed by atoms with E-state index in [0.29, 0.717) is 6.54 Å². The van der Waals surface area contributed by atoms with E-state index < -0.39 is 0 Å². The van der Waals surface area contributed by atoms with Gasteiger partial charge in [0.2, 0.25) is 17.7 Å². The Kier molecular flexibility index (Phi) is 8.78. The van der Waals surface area contributed by atoms with E-state index in [9.17, 15) is 14.4 Å². The minimum atomic E-state index is -0.291. The maximum Gasteiger partial charge on any atom is 0.243 e. The fourth-order valence-corrected chi connectivity index (χ4v) is 2.37. The maximum atomic E-state index is 12.0. The van der Waals surface area contributed by atoms with E-state index in [-0.39, 0.29) is 43.4 Å². The predicted molar refractivity (Wildman–Crippen MR) is 103 cm³/mol. The number of anilines is 1. The lowest BCUT2D eigenvalue weighted by Crippen LogP contribution is -2.45. The molecule has 0 fully saturated rings. The van der Waals surface area contributed by atoms with Crippen molar-refractivity contribution in [3.8, 4) is 0 Å². The summed E-state index contributed by atoms with van der Waals surface area (Å²) in [6.45, 7) is 10.2. The number of nitrogens with zero attached hydrogens (tertiary/aromatic N) is 1. The first-order valence-electron chi connectivity index (χ1n) is 8.87. The molecule has 0 aliphatic heterocycles. The van der Waals surface area contributed by atoms with Gasteiger partial charge in [-0.15, -0.1) is 0 Å². The summed E-state index contributed by atoms with van der Waals surface area (Å²) < 4.78 is 0. The van der Waals surface area contributed by atoms with E-state index in [1.54, 1.807) is 4.90 Å². The van der Waals surface area contributed by atoms with Gasteiger partial charge in [0, 0.05) is 11.7 Å². The van der Waals surface area contributed by atoms with E-state index in [2.05, 4.69) is 16.0 Å². The van der Waals surface area contributed by atoms with E-state index in [1.807, 2.05) is 52.8 Å². The van der Waals surface area contributed by atoms with Crippen molar-refractivity contribution in [3.05, 3.63) is 29.3 Å². The molecule has 1 rings (SSSR count). The quantitative estimate of drug-likeness (QED) is 0.616. The second-order valence-corrected chi connectivity index (χ2v) is 6.60. The largest absolute Gasteiger partial charge is 0.353 e. The van der Waals surface area contributed by atoms with E-state index >= 15 is 0 Å². The van der Waals surface area contributed by atoms with Gasteiger partial charge in [-0.05, 0) is 51.4 Å². The first kappa shape index (κ1) is 21.6. The zero-order chi connectivity index (χ0) is 19.7. The lowest BCUT2D eigenvalue weighted by Gasteiger charge is -2.20. The molecule has 26 heavy (non-hydrogen) atoms. The molecule has 7 nitrogen and oxygen atoms in total. The van der Waals surface area contributed by atoms with Crippen molar-refractivity contribution < 1.29 is 14.4 Å². The minimum Gasteiger partial charge on any atom is -0.353 e. The Morgan fingerprint density at radius 2 is 1.69 bits per heavy atom. The molecule has 0 spiro atoms. The molecule has 0 saturated heterocycles. The van der Waals surface area contributed by atoms with Crippen LogP contribution >= 0.6 is 0 Å². The molecule has 0 atom stereocenters. The van der Waals surface area contributed by atoms with Crippen LogP contribution in [0, 0.1) is 13.8 Å². The molecular formula is C19H30N4O3. The molecule has 3 N–H and O–H groups in total. The Labute approximate surface area is 155 Å². The minimum absolute atomic E-state index is 0.0591. The molecule has 0 saturated carbocycles. The number of amides is 3. The van der Waals surface area contributed by atoms with E-state index in [4.69, 9.17) is 0 Å². The van der Waals surface area contributed by atoms with Crippen molar-refractivity contribution in [1.82, 2.24) is 15.5 Å². The highest BCUT2D eigenvalue weighted by Crippen LogP contribution is 2.17. The monoisotopic (exact) mass is 362 g/mol. The molecule has 0 heterocycles. The first-order chi connectivity index (χ1) is 12.2. The van der Waals surface area contributed by atoms with Crippen molar-refractivity contribution in [3.63, 3.8) is 0 Å². The summed E-state index contributed by atoms with van der Waals surface area (Å²) >= 11 is 0. The van der Waals surface area contributed by atoms with Crippen LogP contribution in [0.25, 0.3) is 0 Å². The summed E-state index contributed by atoms with van der Waals surface area (Å²) in [4.78, 5) is 37.6. The van der Waals surface area contributed by atoms with Crippen molar-refractivity contribution in [2.75, 3.05) is 31.5 Å². The SMILES string of the molecule is CCN(CC(=O)NCC(=O)Nc1cccc(C)c1C)CC(=O)NC(C)C. The topological polar surface area (TPSA) is 90.5 Å². The van der Waals surface area contributed by atoms with Gasteiger partial charge in [-0.2, -0.15) is 0 Å². The fraction of sp³-hybridized carbons (Fsp3) is 0.526. The third-order valence-corrected chi connectivity index (χ3v) is 3.96. The van der Waals surface area contributed by atoms with Gasteiger partial charge in [0.25, 0.3) is 0 Å². The van der Waals surface area contributed by atoms with Gasteiger partial charge in [0.15, 0.2) is 0 Å². The molecule has 3 amide bonds. The Balaban J connectivity index is 2.43. The van der Waals surface area contributed by atoms with Gasteiger partial charge in [-0.1, -0.05) is 19.1 Å². The van der Waals surface area contributed by atoms with Gasteiger partial charge in [-0.3, -0.25) is 19.3 Å². The molecule has 0 unspecified atom stereocenters. The summed E-state index contributed by atoms with van der Waals surface area (Å²) in [5.74, 6) is -0.699. The van der Waals surface area contributed by atoms with Crippen LogP contribution < -0.4 is 16.0 Å². The highest BCUT2D eigenvalue weighted by Gasteiger charge is 2.14. The van der Waals surface area contributed by atoms with Gasteiger partial charge >= 0.3 is 0 Å². The standard InChI is InChI=1S/C19H30N4O3/c1-6-23(12-19(26)21-13(2)3)11-18(25)20-10-17(24)22-16-9-7-8-14(4)15(16)5/h7-9,13H,6,10-12H2,1-5H3,(H,20,25)(H,21,26)(H,22,24). The van der Waals surface area contributed by atoms with Crippen LogP contribution in [0.3, 0.4) is 0 Å². The van der Waals surface area contributed by atoms with E-state index in [1.165, 1.54) is 0 Å². The van der Waals surface area contributed by atoms with Crippen molar-refractivity contribution >= 4 is 23.4 Å². The molecule has 0 aromatic heterocycles. The zero-order valence-corrected chi connectivity index (χ0v) is 16.3. The lowest BCUT2D eigenvalue weighted by molar-refractivity contribution is -0.127. The molecule has 0 bridgehead atoms. The molecule has 1 aromatic carbocycles. The summed E-state index contributed by atoms with van der Waals surface area (Å²) in [7, 11) is 0. The third-order valence-electron chi connectivity index (χ3n) is 3.96. The average molecular weight is 362 g/mol. The van der Waals surface area contributed by atoms with Gasteiger partial charge in [0.1, 0.15) is 0 Å².